The lowest BCUT2D eigenvalue weighted by Gasteiger charge is -2.35. The molecular weight excluding hydrogens is 467 g/mol. The van der Waals surface area contributed by atoms with Crippen LogP contribution in [0.4, 0.5) is 19.1 Å². The Bertz CT molecular complexity index is 1220. The number of alkyl halides is 3. The molecule has 178 valence electrons. The predicted molar refractivity (Wildman–Crippen MR) is 125 cm³/mol. The van der Waals surface area contributed by atoms with Crippen LogP contribution in [0.2, 0.25) is 0 Å². The zero-order valence-corrected chi connectivity index (χ0v) is 19.6. The van der Waals surface area contributed by atoms with Crippen LogP contribution in [0, 0.1) is 18.3 Å². The van der Waals surface area contributed by atoms with E-state index >= 15 is 0 Å². The predicted octanol–water partition coefficient (Wildman–Crippen LogP) is 5.44. The third kappa shape index (κ3) is 5.13. The average molecular weight is 490 g/mol. The summed E-state index contributed by atoms with van der Waals surface area (Å²) in [5.74, 6) is 0.378. The Kier molecular flexibility index (Phi) is 7.44. The number of halogens is 4. The van der Waals surface area contributed by atoms with E-state index in [1.807, 2.05) is 25.7 Å². The number of nitriles is 1. The van der Waals surface area contributed by atoms with E-state index in [0.717, 1.165) is 11.8 Å². The van der Waals surface area contributed by atoms with E-state index in [-0.39, 0.29) is 35.9 Å². The molecule has 1 aromatic carbocycles. The number of hydrogen-bond donors (Lipinski definition) is 0. The average Bonchev–Trinajstić information content (AvgIpc) is 2.77. The second-order valence-electron chi connectivity index (χ2n) is 8.12. The van der Waals surface area contributed by atoms with Crippen LogP contribution in [0.3, 0.4) is 0 Å². The molecule has 2 atom stereocenters. The van der Waals surface area contributed by atoms with Crippen molar-refractivity contribution in [2.24, 2.45) is 0 Å². The van der Waals surface area contributed by atoms with Crippen molar-refractivity contribution in [1.29, 1.82) is 5.26 Å². The quantitative estimate of drug-likeness (QED) is 0.487. The summed E-state index contributed by atoms with van der Waals surface area (Å²) in [5, 5.41) is 9.69. The molecular formula is C24H23ClF3N5O. The topological polar surface area (TPSA) is 74.9 Å². The fourth-order valence-corrected chi connectivity index (χ4v) is 4.10. The van der Waals surface area contributed by atoms with E-state index in [0.29, 0.717) is 30.2 Å². The highest BCUT2D eigenvalue weighted by Gasteiger charge is 2.35. The van der Waals surface area contributed by atoms with E-state index in [9.17, 15) is 18.4 Å². The van der Waals surface area contributed by atoms with Gasteiger partial charge in [0, 0.05) is 42.3 Å². The van der Waals surface area contributed by atoms with Crippen LogP contribution < -0.4 is 4.90 Å². The third-order valence-corrected chi connectivity index (χ3v) is 5.42. The van der Waals surface area contributed by atoms with Gasteiger partial charge in [-0.3, -0.25) is 4.98 Å². The minimum atomic E-state index is -4.67. The second-order valence-corrected chi connectivity index (χ2v) is 8.12. The minimum Gasteiger partial charge on any atom is -0.372 e. The molecule has 4 rings (SSSR count). The van der Waals surface area contributed by atoms with Crippen molar-refractivity contribution >= 4 is 18.4 Å². The van der Waals surface area contributed by atoms with Gasteiger partial charge in [-0.25, -0.2) is 9.97 Å². The molecule has 1 aliphatic rings. The molecule has 34 heavy (non-hydrogen) atoms. The van der Waals surface area contributed by atoms with Crippen molar-refractivity contribution in [3.63, 3.8) is 0 Å². The summed E-state index contributed by atoms with van der Waals surface area (Å²) in [5.41, 5.74) is 0.875. The molecule has 1 saturated heterocycles. The van der Waals surface area contributed by atoms with Gasteiger partial charge in [0.15, 0.2) is 0 Å². The number of morpholine rings is 1. The molecule has 0 N–H and O–H groups in total. The molecule has 3 heterocycles. The van der Waals surface area contributed by atoms with Gasteiger partial charge in [0.2, 0.25) is 5.95 Å². The number of hydrogen-bond acceptors (Lipinski definition) is 6. The first kappa shape index (κ1) is 25.4. The number of nitrogens with zero attached hydrogens (tertiary/aromatic N) is 5. The van der Waals surface area contributed by atoms with E-state index in [1.54, 1.807) is 30.6 Å². The van der Waals surface area contributed by atoms with Crippen LogP contribution in [0.15, 0.2) is 42.7 Å². The molecule has 3 aromatic rings. The Morgan fingerprint density at radius 2 is 1.79 bits per heavy atom. The summed E-state index contributed by atoms with van der Waals surface area (Å²) < 4.78 is 46.7. The monoisotopic (exact) mass is 489 g/mol. The number of anilines is 1. The molecule has 0 bridgehead atoms. The lowest BCUT2D eigenvalue weighted by molar-refractivity contribution is -0.137. The zero-order valence-electron chi connectivity index (χ0n) is 18.8. The van der Waals surface area contributed by atoms with Gasteiger partial charge >= 0.3 is 6.18 Å². The molecule has 0 amide bonds. The Labute approximate surface area is 201 Å². The van der Waals surface area contributed by atoms with Gasteiger partial charge in [-0.15, -0.1) is 12.4 Å². The molecule has 0 spiro atoms. The molecule has 10 heteroatoms. The lowest BCUT2D eigenvalue weighted by Crippen LogP contribution is -2.46. The van der Waals surface area contributed by atoms with Crippen molar-refractivity contribution in [1.82, 2.24) is 15.0 Å². The first-order chi connectivity index (χ1) is 15.7. The van der Waals surface area contributed by atoms with Crippen LogP contribution in [0.5, 0.6) is 0 Å². The summed E-state index contributed by atoms with van der Waals surface area (Å²) in [6.45, 7) is 6.80. The SMILES string of the molecule is Cc1cc(-c2cnc(N3CC(C)OC(C)C3)nc2-c2cccc(C(F)(F)F)c2C#N)ccn1.Cl. The highest BCUT2D eigenvalue weighted by atomic mass is 35.5. The summed E-state index contributed by atoms with van der Waals surface area (Å²) in [7, 11) is 0. The van der Waals surface area contributed by atoms with E-state index in [1.165, 1.54) is 12.1 Å². The van der Waals surface area contributed by atoms with Gasteiger partial charge in [0.25, 0.3) is 0 Å². The Morgan fingerprint density at radius 3 is 2.41 bits per heavy atom. The van der Waals surface area contributed by atoms with Crippen LogP contribution in [-0.2, 0) is 10.9 Å². The van der Waals surface area contributed by atoms with Gasteiger partial charge in [-0.1, -0.05) is 12.1 Å². The molecule has 1 aliphatic heterocycles. The zero-order chi connectivity index (χ0) is 23.8. The number of ether oxygens (including phenoxy) is 1. The second kappa shape index (κ2) is 9.95. The summed E-state index contributed by atoms with van der Waals surface area (Å²) in [6, 6.07) is 8.98. The van der Waals surface area contributed by atoms with Crippen molar-refractivity contribution in [2.75, 3.05) is 18.0 Å². The van der Waals surface area contributed by atoms with Gasteiger partial charge in [0.05, 0.1) is 29.0 Å². The number of pyridine rings is 1. The lowest BCUT2D eigenvalue weighted by atomic mass is 9.94. The molecule has 2 aromatic heterocycles. The van der Waals surface area contributed by atoms with Crippen molar-refractivity contribution in [3.05, 3.63) is 59.5 Å². The summed E-state index contributed by atoms with van der Waals surface area (Å²) >= 11 is 0. The van der Waals surface area contributed by atoms with Gasteiger partial charge in [-0.2, -0.15) is 18.4 Å². The summed E-state index contributed by atoms with van der Waals surface area (Å²) in [6.07, 6.45) is -1.55. The number of benzene rings is 1. The van der Waals surface area contributed by atoms with Gasteiger partial charge in [-0.05, 0) is 44.5 Å². The van der Waals surface area contributed by atoms with Crippen LogP contribution in [0.1, 0.15) is 30.7 Å². The van der Waals surface area contributed by atoms with Crippen LogP contribution >= 0.6 is 12.4 Å². The van der Waals surface area contributed by atoms with E-state index < -0.39 is 17.3 Å². The van der Waals surface area contributed by atoms with Crippen molar-refractivity contribution < 1.29 is 17.9 Å². The first-order valence-corrected chi connectivity index (χ1v) is 10.5. The first-order valence-electron chi connectivity index (χ1n) is 10.5. The van der Waals surface area contributed by atoms with Crippen molar-refractivity contribution in [2.45, 2.75) is 39.2 Å². The fourth-order valence-electron chi connectivity index (χ4n) is 4.10. The number of aromatic nitrogens is 3. The standard InChI is InChI=1S/C24H22F3N5O.ClH/c1-14-9-17(7-8-29-14)20-11-30-23(32-12-15(2)33-16(3)13-32)31-22(20)18-5-4-6-21(19(18)10-28)24(25,26)27;/h4-9,11,15-16H,12-13H2,1-3H3;1H. The molecule has 0 radical (unpaired) electrons. The Morgan fingerprint density at radius 1 is 1.09 bits per heavy atom. The van der Waals surface area contributed by atoms with Crippen LogP contribution in [0.25, 0.3) is 22.4 Å². The molecule has 1 fully saturated rings. The Balaban J connectivity index is 0.00000324. The third-order valence-electron chi connectivity index (χ3n) is 5.42. The maximum Gasteiger partial charge on any atom is 0.417 e. The fraction of sp³-hybridized carbons (Fsp3) is 0.333. The number of aryl methyl sites for hydroxylation is 1. The normalized spacial score (nSPS) is 18.2. The van der Waals surface area contributed by atoms with Gasteiger partial charge in [0.1, 0.15) is 6.07 Å². The number of rotatable bonds is 3. The minimum absolute atomic E-state index is 0. The highest BCUT2D eigenvalue weighted by molar-refractivity contribution is 5.85. The van der Waals surface area contributed by atoms with Crippen molar-refractivity contribution in [3.8, 4) is 28.5 Å². The molecule has 0 aliphatic carbocycles. The van der Waals surface area contributed by atoms with Gasteiger partial charge < -0.3 is 9.64 Å². The molecule has 2 unspecified atom stereocenters. The Hall–Kier alpha value is -3.22. The van der Waals surface area contributed by atoms with E-state index in [2.05, 4.69) is 9.97 Å². The largest absolute Gasteiger partial charge is 0.417 e. The molecule has 0 saturated carbocycles. The smallest absolute Gasteiger partial charge is 0.372 e. The van der Waals surface area contributed by atoms with Crippen LogP contribution in [-0.4, -0.2) is 40.2 Å². The van der Waals surface area contributed by atoms with E-state index in [4.69, 9.17) is 9.72 Å². The highest BCUT2D eigenvalue weighted by Crippen LogP contribution is 2.39. The maximum atomic E-state index is 13.6. The molecule has 6 nitrogen and oxygen atoms in total. The maximum absolute atomic E-state index is 13.6. The summed E-state index contributed by atoms with van der Waals surface area (Å²) in [4.78, 5) is 15.4.